The van der Waals surface area contributed by atoms with Gasteiger partial charge < -0.3 is 9.84 Å². The van der Waals surface area contributed by atoms with Gasteiger partial charge in [-0.05, 0) is 11.1 Å². The van der Waals surface area contributed by atoms with Crippen molar-refractivity contribution in [1.29, 1.82) is 0 Å². The highest BCUT2D eigenvalue weighted by atomic mass is 32.2. The van der Waals surface area contributed by atoms with E-state index in [1.807, 2.05) is 0 Å². The van der Waals surface area contributed by atoms with E-state index in [0.29, 0.717) is 5.75 Å². The second kappa shape index (κ2) is 6.79. The quantitative estimate of drug-likeness (QED) is 0.874. The molecular weight excluding hydrogens is 288 g/mol. The zero-order chi connectivity index (χ0) is 14.7. The van der Waals surface area contributed by atoms with E-state index in [4.69, 9.17) is 9.84 Å². The minimum absolute atomic E-state index is 0.0794. The van der Waals surface area contributed by atoms with E-state index in [-0.39, 0.29) is 5.37 Å². The number of nitrogens with one attached hydrogen (secondary N) is 1. The molecule has 0 saturated carbocycles. The SMILES string of the molecule is O=C(O)C1CSC(c2cccc(CN3CCOCC3)c2)N1. The molecule has 21 heavy (non-hydrogen) atoms. The fourth-order valence-corrected chi connectivity index (χ4v) is 3.90. The topological polar surface area (TPSA) is 61.8 Å². The van der Waals surface area contributed by atoms with E-state index in [0.717, 1.165) is 38.4 Å². The van der Waals surface area contributed by atoms with Crippen LogP contribution in [0.15, 0.2) is 24.3 Å². The van der Waals surface area contributed by atoms with Crippen molar-refractivity contribution in [3.05, 3.63) is 35.4 Å². The molecule has 2 atom stereocenters. The molecule has 2 N–H and O–H groups in total. The molecule has 2 fully saturated rings. The summed E-state index contributed by atoms with van der Waals surface area (Å²) in [6.45, 7) is 4.49. The highest BCUT2D eigenvalue weighted by Crippen LogP contribution is 2.33. The number of carboxylic acid groups (broad SMARTS) is 1. The molecule has 2 saturated heterocycles. The Balaban J connectivity index is 1.64. The van der Waals surface area contributed by atoms with Crippen LogP contribution in [-0.4, -0.2) is 54.1 Å². The number of hydrogen-bond donors (Lipinski definition) is 2. The number of thioether (sulfide) groups is 1. The first-order valence-corrected chi connectivity index (χ1v) is 8.26. The first-order valence-electron chi connectivity index (χ1n) is 7.22. The van der Waals surface area contributed by atoms with Gasteiger partial charge >= 0.3 is 5.97 Å². The molecule has 1 aromatic carbocycles. The van der Waals surface area contributed by atoms with Crippen LogP contribution in [0.3, 0.4) is 0 Å². The van der Waals surface area contributed by atoms with E-state index < -0.39 is 12.0 Å². The number of morpholine rings is 1. The Hall–Kier alpha value is -1.08. The zero-order valence-corrected chi connectivity index (χ0v) is 12.6. The minimum Gasteiger partial charge on any atom is -0.480 e. The Bertz CT molecular complexity index is 505. The molecular formula is C15H20N2O3S. The van der Waals surface area contributed by atoms with Gasteiger partial charge in [-0.25, -0.2) is 0 Å². The van der Waals surface area contributed by atoms with Gasteiger partial charge in [0, 0.05) is 25.4 Å². The fourth-order valence-electron chi connectivity index (χ4n) is 2.68. The van der Waals surface area contributed by atoms with E-state index in [9.17, 15) is 4.79 Å². The Labute approximate surface area is 128 Å². The van der Waals surface area contributed by atoms with Crippen molar-refractivity contribution in [1.82, 2.24) is 10.2 Å². The molecule has 1 aromatic rings. The number of carboxylic acids is 1. The largest absolute Gasteiger partial charge is 0.480 e. The molecule has 0 bridgehead atoms. The first-order chi connectivity index (χ1) is 10.2. The molecule has 114 valence electrons. The molecule has 0 amide bonds. The molecule has 2 heterocycles. The predicted molar refractivity (Wildman–Crippen MR) is 82.3 cm³/mol. The normalized spacial score (nSPS) is 26.9. The van der Waals surface area contributed by atoms with Crippen molar-refractivity contribution in [3.63, 3.8) is 0 Å². The molecule has 0 aliphatic carbocycles. The molecule has 6 heteroatoms. The highest BCUT2D eigenvalue weighted by Gasteiger charge is 2.30. The van der Waals surface area contributed by atoms with Crippen molar-refractivity contribution >= 4 is 17.7 Å². The van der Waals surface area contributed by atoms with Gasteiger partial charge in [-0.1, -0.05) is 24.3 Å². The van der Waals surface area contributed by atoms with Gasteiger partial charge in [-0.15, -0.1) is 11.8 Å². The van der Waals surface area contributed by atoms with Gasteiger partial charge in [0.1, 0.15) is 6.04 Å². The lowest BCUT2D eigenvalue weighted by molar-refractivity contribution is -0.138. The zero-order valence-electron chi connectivity index (χ0n) is 11.8. The number of nitrogens with zero attached hydrogens (tertiary/aromatic N) is 1. The van der Waals surface area contributed by atoms with Crippen LogP contribution in [0, 0.1) is 0 Å². The van der Waals surface area contributed by atoms with E-state index in [1.54, 1.807) is 11.8 Å². The summed E-state index contributed by atoms with van der Waals surface area (Å²) < 4.78 is 5.37. The van der Waals surface area contributed by atoms with Crippen LogP contribution in [0.25, 0.3) is 0 Å². The third-order valence-electron chi connectivity index (χ3n) is 3.84. The predicted octanol–water partition coefficient (Wildman–Crippen LogP) is 1.31. The standard InChI is InChI=1S/C15H20N2O3S/c18-15(19)13-10-21-14(16-13)12-3-1-2-11(8-12)9-17-4-6-20-7-5-17/h1-3,8,13-14,16H,4-7,9-10H2,(H,18,19). The lowest BCUT2D eigenvalue weighted by Gasteiger charge is -2.26. The Morgan fingerprint density at radius 3 is 2.95 bits per heavy atom. The summed E-state index contributed by atoms with van der Waals surface area (Å²) >= 11 is 1.66. The van der Waals surface area contributed by atoms with Gasteiger partial charge in [-0.2, -0.15) is 0 Å². The average molecular weight is 308 g/mol. The summed E-state index contributed by atoms with van der Waals surface area (Å²) in [6.07, 6.45) is 0. The lowest BCUT2D eigenvalue weighted by Crippen LogP contribution is -2.35. The van der Waals surface area contributed by atoms with Crippen LogP contribution in [-0.2, 0) is 16.1 Å². The molecule has 0 radical (unpaired) electrons. The molecule has 2 unspecified atom stereocenters. The second-order valence-electron chi connectivity index (χ2n) is 5.40. The Kier molecular flexibility index (Phi) is 4.80. The lowest BCUT2D eigenvalue weighted by atomic mass is 10.1. The fraction of sp³-hybridized carbons (Fsp3) is 0.533. The Morgan fingerprint density at radius 1 is 1.43 bits per heavy atom. The van der Waals surface area contributed by atoms with Crippen molar-refractivity contribution in [2.75, 3.05) is 32.1 Å². The smallest absolute Gasteiger partial charge is 0.321 e. The second-order valence-corrected chi connectivity index (χ2v) is 6.54. The Morgan fingerprint density at radius 2 is 2.24 bits per heavy atom. The van der Waals surface area contributed by atoms with Crippen LogP contribution < -0.4 is 5.32 Å². The van der Waals surface area contributed by atoms with E-state index in [2.05, 4.69) is 34.5 Å². The van der Waals surface area contributed by atoms with Crippen molar-refractivity contribution in [3.8, 4) is 0 Å². The highest BCUT2D eigenvalue weighted by molar-refractivity contribution is 7.99. The van der Waals surface area contributed by atoms with Crippen molar-refractivity contribution in [2.45, 2.75) is 18.0 Å². The maximum Gasteiger partial charge on any atom is 0.321 e. The maximum absolute atomic E-state index is 11.0. The number of carbonyl (C=O) groups is 1. The van der Waals surface area contributed by atoms with Crippen LogP contribution in [0.2, 0.25) is 0 Å². The van der Waals surface area contributed by atoms with Crippen molar-refractivity contribution < 1.29 is 14.6 Å². The molecule has 2 aliphatic rings. The molecule has 5 nitrogen and oxygen atoms in total. The number of benzene rings is 1. The van der Waals surface area contributed by atoms with Crippen LogP contribution in [0.4, 0.5) is 0 Å². The van der Waals surface area contributed by atoms with Crippen LogP contribution in [0.1, 0.15) is 16.5 Å². The van der Waals surface area contributed by atoms with Crippen molar-refractivity contribution in [2.24, 2.45) is 0 Å². The van der Waals surface area contributed by atoms with Gasteiger partial charge in [-0.3, -0.25) is 15.0 Å². The summed E-state index contributed by atoms with van der Waals surface area (Å²) in [7, 11) is 0. The van der Waals surface area contributed by atoms with E-state index >= 15 is 0 Å². The third-order valence-corrected chi connectivity index (χ3v) is 5.11. The van der Waals surface area contributed by atoms with Crippen LogP contribution >= 0.6 is 11.8 Å². The molecule has 2 aliphatic heterocycles. The molecule has 0 spiro atoms. The van der Waals surface area contributed by atoms with Gasteiger partial charge in [0.25, 0.3) is 0 Å². The minimum atomic E-state index is -0.769. The molecule has 3 rings (SSSR count). The van der Waals surface area contributed by atoms with E-state index in [1.165, 1.54) is 5.56 Å². The third kappa shape index (κ3) is 3.77. The summed E-state index contributed by atoms with van der Waals surface area (Å²) in [4.78, 5) is 13.4. The monoisotopic (exact) mass is 308 g/mol. The average Bonchev–Trinajstić information content (AvgIpc) is 2.99. The summed E-state index contributed by atoms with van der Waals surface area (Å²) in [6, 6.07) is 8.00. The number of rotatable bonds is 4. The number of hydrogen-bond acceptors (Lipinski definition) is 5. The van der Waals surface area contributed by atoms with Gasteiger partial charge in [0.05, 0.1) is 18.6 Å². The van der Waals surface area contributed by atoms with Gasteiger partial charge in [0.15, 0.2) is 0 Å². The molecule has 0 aromatic heterocycles. The summed E-state index contributed by atoms with van der Waals surface area (Å²) in [5.74, 6) is -0.150. The van der Waals surface area contributed by atoms with Crippen LogP contribution in [0.5, 0.6) is 0 Å². The maximum atomic E-state index is 11.0. The number of aliphatic carboxylic acids is 1. The first kappa shape index (κ1) is 14.8. The number of ether oxygens (including phenoxy) is 1. The van der Waals surface area contributed by atoms with Gasteiger partial charge in [0.2, 0.25) is 0 Å². The summed E-state index contributed by atoms with van der Waals surface area (Å²) in [5.41, 5.74) is 2.44. The summed E-state index contributed by atoms with van der Waals surface area (Å²) in [5, 5.41) is 12.3.